The number of aromatic nitrogens is 5. The van der Waals surface area contributed by atoms with Gasteiger partial charge in [-0.3, -0.25) is 19.8 Å². The first kappa shape index (κ1) is 24.6. The van der Waals surface area contributed by atoms with Crippen molar-refractivity contribution in [2.24, 2.45) is 0 Å². The highest BCUT2D eigenvalue weighted by Crippen LogP contribution is 2.31. The van der Waals surface area contributed by atoms with E-state index in [1.807, 2.05) is 52.0 Å². The van der Waals surface area contributed by atoms with E-state index in [2.05, 4.69) is 30.3 Å². The van der Waals surface area contributed by atoms with Gasteiger partial charge in [-0.05, 0) is 73.3 Å². The Morgan fingerprint density at radius 3 is 2.38 bits per heavy atom. The number of nitrogens with zero attached hydrogens (tertiary/aromatic N) is 7. The summed E-state index contributed by atoms with van der Waals surface area (Å²) in [7, 11) is 0. The van der Waals surface area contributed by atoms with Crippen LogP contribution in [0.2, 0.25) is 0 Å². The van der Waals surface area contributed by atoms with Crippen LogP contribution in [0.4, 0.5) is 11.4 Å². The minimum atomic E-state index is -0.442. The summed E-state index contributed by atoms with van der Waals surface area (Å²) in [5.41, 5.74) is 2.93. The van der Waals surface area contributed by atoms with Crippen LogP contribution >= 0.6 is 0 Å². The van der Waals surface area contributed by atoms with Crippen LogP contribution in [0.5, 0.6) is 0 Å². The van der Waals surface area contributed by atoms with E-state index in [1.54, 1.807) is 16.8 Å². The number of anilines is 1. The van der Waals surface area contributed by atoms with Crippen molar-refractivity contribution in [2.45, 2.75) is 39.3 Å². The maximum Gasteiger partial charge on any atom is 0.269 e. The third-order valence-corrected chi connectivity index (χ3v) is 6.80. The monoisotopic (exact) mass is 502 g/mol. The summed E-state index contributed by atoms with van der Waals surface area (Å²) < 4.78 is 1.79. The molecule has 1 aliphatic heterocycles. The summed E-state index contributed by atoms with van der Waals surface area (Å²) >= 11 is 0. The Kier molecular flexibility index (Phi) is 6.24. The van der Waals surface area contributed by atoms with Gasteiger partial charge in [0.05, 0.1) is 10.5 Å². The molecule has 2 aromatic carbocycles. The number of H-pyrrole nitrogens is 1. The lowest BCUT2D eigenvalue weighted by atomic mass is 10.0. The van der Waals surface area contributed by atoms with E-state index in [1.165, 1.54) is 12.1 Å². The molecule has 0 unspecified atom stereocenters. The predicted octanol–water partition coefficient (Wildman–Crippen LogP) is 3.40. The number of nitro groups is 1. The van der Waals surface area contributed by atoms with E-state index in [4.69, 9.17) is 0 Å². The minimum Gasteiger partial charge on any atom is -0.369 e. The van der Waals surface area contributed by atoms with Crippen molar-refractivity contribution in [1.82, 2.24) is 30.1 Å². The molecule has 1 fully saturated rings. The van der Waals surface area contributed by atoms with Gasteiger partial charge in [0, 0.05) is 55.1 Å². The number of pyridine rings is 1. The summed E-state index contributed by atoms with van der Waals surface area (Å²) in [4.78, 5) is 31.5. The van der Waals surface area contributed by atoms with Crippen molar-refractivity contribution in [2.75, 3.05) is 31.1 Å². The lowest BCUT2D eigenvalue weighted by molar-refractivity contribution is -0.384. The Morgan fingerprint density at radius 1 is 1.03 bits per heavy atom. The average molecular weight is 503 g/mol. The molecule has 37 heavy (non-hydrogen) atoms. The van der Waals surface area contributed by atoms with Gasteiger partial charge in [0.1, 0.15) is 6.04 Å². The maximum atomic E-state index is 13.4. The fourth-order valence-electron chi connectivity index (χ4n) is 4.90. The van der Waals surface area contributed by atoms with Crippen LogP contribution in [0, 0.1) is 17.0 Å². The van der Waals surface area contributed by atoms with Gasteiger partial charge in [-0.1, -0.05) is 12.1 Å². The first-order valence-electron chi connectivity index (χ1n) is 12.3. The molecule has 0 saturated carbocycles. The lowest BCUT2D eigenvalue weighted by Gasteiger charge is -2.40. The molecule has 0 aliphatic carbocycles. The van der Waals surface area contributed by atoms with Crippen molar-refractivity contribution in [1.29, 1.82) is 0 Å². The molecule has 0 radical (unpaired) electrons. The van der Waals surface area contributed by atoms with Crippen molar-refractivity contribution in [3.63, 3.8) is 0 Å². The second-order valence-electron chi connectivity index (χ2n) is 10.5. The maximum absolute atomic E-state index is 13.4. The molecule has 4 aromatic rings. The number of aromatic amines is 1. The van der Waals surface area contributed by atoms with Gasteiger partial charge >= 0.3 is 0 Å². The van der Waals surface area contributed by atoms with E-state index in [9.17, 15) is 14.9 Å². The van der Waals surface area contributed by atoms with E-state index < -0.39 is 11.0 Å². The molecular formula is C26H30N8O3. The Bertz CT molecular complexity index is 1500. The van der Waals surface area contributed by atoms with Gasteiger partial charge in [-0.15, -0.1) is 5.10 Å². The second-order valence-corrected chi connectivity index (χ2v) is 10.5. The van der Waals surface area contributed by atoms with Crippen LogP contribution in [0.1, 0.15) is 43.8 Å². The van der Waals surface area contributed by atoms with Crippen LogP contribution in [0.3, 0.4) is 0 Å². The Balaban J connectivity index is 1.51. The van der Waals surface area contributed by atoms with E-state index in [0.717, 1.165) is 22.2 Å². The Hall–Kier alpha value is -4.12. The van der Waals surface area contributed by atoms with Crippen LogP contribution in [0.25, 0.3) is 10.9 Å². The third kappa shape index (κ3) is 4.82. The van der Waals surface area contributed by atoms with E-state index in [0.29, 0.717) is 37.6 Å². The zero-order valence-electron chi connectivity index (χ0n) is 21.4. The number of benzene rings is 2. The molecule has 2 aromatic heterocycles. The standard InChI is InChI=1S/C26H30N8O3/c1-17-5-6-18-16-21(25(35)27-22(18)15-17)23(24-28-29-30-33(24)26(2,3)4)32-13-11-31(12-14-32)19-7-9-20(10-8-19)34(36)37/h5-10,15-16,23H,11-14H2,1-4H3,(H,27,35)/t23-/m0/s1. The lowest BCUT2D eigenvalue weighted by Crippen LogP contribution is -2.49. The van der Waals surface area contributed by atoms with Crippen molar-refractivity contribution >= 4 is 22.3 Å². The molecule has 11 nitrogen and oxygen atoms in total. The zero-order valence-corrected chi connectivity index (χ0v) is 21.4. The molecule has 11 heteroatoms. The summed E-state index contributed by atoms with van der Waals surface area (Å²) in [5, 5.41) is 24.6. The molecule has 5 rings (SSSR count). The van der Waals surface area contributed by atoms with Gasteiger partial charge in [-0.2, -0.15) is 0 Å². The molecule has 3 heterocycles. The van der Waals surface area contributed by atoms with Crippen molar-refractivity contribution in [3.8, 4) is 0 Å². The fraction of sp³-hybridized carbons (Fsp3) is 0.385. The zero-order chi connectivity index (χ0) is 26.3. The highest BCUT2D eigenvalue weighted by atomic mass is 16.6. The largest absolute Gasteiger partial charge is 0.369 e. The first-order valence-corrected chi connectivity index (χ1v) is 12.3. The van der Waals surface area contributed by atoms with Gasteiger partial charge in [0.25, 0.3) is 11.2 Å². The molecule has 1 saturated heterocycles. The Labute approximate surface area is 213 Å². The quantitative estimate of drug-likeness (QED) is 0.325. The van der Waals surface area contributed by atoms with Crippen LogP contribution in [-0.4, -0.2) is 61.2 Å². The average Bonchev–Trinajstić information content (AvgIpc) is 3.35. The topological polar surface area (TPSA) is 126 Å². The van der Waals surface area contributed by atoms with Crippen LogP contribution < -0.4 is 10.5 Å². The number of fused-ring (bicyclic) bond motifs is 1. The number of nitrogens with one attached hydrogen (secondary N) is 1. The molecule has 192 valence electrons. The van der Waals surface area contributed by atoms with Gasteiger partial charge in [-0.25, -0.2) is 4.68 Å². The molecule has 1 atom stereocenters. The summed E-state index contributed by atoms with van der Waals surface area (Å²) in [6.45, 7) is 10.8. The van der Waals surface area contributed by atoms with Gasteiger partial charge < -0.3 is 9.88 Å². The number of hydrogen-bond acceptors (Lipinski definition) is 8. The molecule has 1 aliphatic rings. The van der Waals surface area contributed by atoms with E-state index in [-0.39, 0.29) is 16.8 Å². The summed E-state index contributed by atoms with van der Waals surface area (Å²) in [6.07, 6.45) is 0. The van der Waals surface area contributed by atoms with Crippen molar-refractivity contribution in [3.05, 3.63) is 86.0 Å². The number of piperazine rings is 1. The molecule has 0 bridgehead atoms. The third-order valence-electron chi connectivity index (χ3n) is 6.80. The smallest absolute Gasteiger partial charge is 0.269 e. The van der Waals surface area contributed by atoms with Gasteiger partial charge in [0.2, 0.25) is 0 Å². The first-order chi connectivity index (χ1) is 17.6. The SMILES string of the molecule is Cc1ccc2cc([C@@H](c3nnnn3C(C)(C)C)N3CCN(c4ccc([N+](=O)[O-])cc4)CC3)c(=O)[nH]c2c1. The number of tetrazole rings is 1. The minimum absolute atomic E-state index is 0.0715. The predicted molar refractivity (Wildman–Crippen MR) is 141 cm³/mol. The van der Waals surface area contributed by atoms with Crippen LogP contribution in [0.15, 0.2) is 53.3 Å². The number of hydrogen-bond donors (Lipinski definition) is 1. The molecule has 1 N–H and O–H groups in total. The Morgan fingerprint density at radius 2 is 1.73 bits per heavy atom. The second kappa shape index (κ2) is 9.40. The normalized spacial score (nSPS) is 15.7. The highest BCUT2D eigenvalue weighted by Gasteiger charge is 2.35. The molecular weight excluding hydrogens is 472 g/mol. The van der Waals surface area contributed by atoms with Crippen LogP contribution in [-0.2, 0) is 5.54 Å². The van der Waals surface area contributed by atoms with Gasteiger partial charge in [0.15, 0.2) is 5.82 Å². The number of nitro benzene ring substituents is 1. The van der Waals surface area contributed by atoms with E-state index >= 15 is 0 Å². The fourth-order valence-corrected chi connectivity index (χ4v) is 4.90. The summed E-state index contributed by atoms with van der Waals surface area (Å²) in [5.74, 6) is 0.619. The van der Waals surface area contributed by atoms with Crippen molar-refractivity contribution < 1.29 is 4.92 Å². The molecule has 0 spiro atoms. The number of aryl methyl sites for hydroxylation is 1. The number of non-ortho nitro benzene ring substituents is 1. The molecule has 0 amide bonds. The summed E-state index contributed by atoms with van der Waals surface area (Å²) in [6, 6.07) is 14.1. The highest BCUT2D eigenvalue weighted by molar-refractivity contribution is 5.79. The number of rotatable bonds is 5.